The van der Waals surface area contributed by atoms with Crippen molar-refractivity contribution in [2.24, 2.45) is 0 Å². The molecule has 4 aliphatic rings. The van der Waals surface area contributed by atoms with Crippen LogP contribution in [0.2, 0.25) is 0 Å². The minimum absolute atomic E-state index is 0.00922. The van der Waals surface area contributed by atoms with E-state index in [0.29, 0.717) is 69.2 Å². The summed E-state index contributed by atoms with van der Waals surface area (Å²) in [5, 5.41) is 61.7. The molecular formula is C36H68N10O4. The molecular weight excluding hydrogens is 636 g/mol. The summed E-state index contributed by atoms with van der Waals surface area (Å²) in [5.74, 6) is 1.35. The van der Waals surface area contributed by atoms with Gasteiger partial charge in [-0.1, -0.05) is 0 Å². The Hall–Kier alpha value is -1.91. The van der Waals surface area contributed by atoms with Gasteiger partial charge < -0.3 is 36.8 Å². The number of nitrogens with zero attached hydrogens (tertiary/aromatic N) is 7. The van der Waals surface area contributed by atoms with Crippen molar-refractivity contribution in [1.82, 2.24) is 35.2 Å². The number of anilines is 3. The molecule has 50 heavy (non-hydrogen) atoms. The molecule has 5 rings (SSSR count). The van der Waals surface area contributed by atoms with E-state index in [4.69, 9.17) is 15.0 Å². The highest BCUT2D eigenvalue weighted by Crippen LogP contribution is 2.52. The first-order valence-electron chi connectivity index (χ1n) is 18.5. The van der Waals surface area contributed by atoms with Crippen molar-refractivity contribution in [3.8, 4) is 0 Å². The summed E-state index contributed by atoms with van der Waals surface area (Å²) in [4.78, 5) is 14.8. The molecule has 0 radical (unpaired) electrons. The minimum atomic E-state index is -0.592. The van der Waals surface area contributed by atoms with E-state index in [1.54, 1.807) is 5.06 Å². The summed E-state index contributed by atoms with van der Waals surface area (Å²) in [6, 6.07) is -0.0516. The number of hydrogen-bond acceptors (Lipinski definition) is 14. The second-order valence-electron chi connectivity index (χ2n) is 20.6. The van der Waals surface area contributed by atoms with Crippen LogP contribution in [0.25, 0.3) is 0 Å². The van der Waals surface area contributed by atoms with Crippen LogP contribution in [-0.4, -0.2) is 118 Å². The van der Waals surface area contributed by atoms with Crippen LogP contribution >= 0.6 is 0 Å². The number of hydrogen-bond donors (Lipinski definition) is 7. The highest BCUT2D eigenvalue weighted by molar-refractivity contribution is 5.44. The molecule has 1 atom stereocenters. The van der Waals surface area contributed by atoms with E-state index in [1.807, 2.05) is 83.1 Å². The van der Waals surface area contributed by atoms with Crippen molar-refractivity contribution in [3.05, 3.63) is 0 Å². The molecule has 0 aromatic carbocycles. The number of hydroxylamine groups is 8. The fraction of sp³-hybridized carbons (Fsp3) is 0.917. The van der Waals surface area contributed by atoms with Gasteiger partial charge in [0.15, 0.2) is 0 Å². The van der Waals surface area contributed by atoms with Gasteiger partial charge in [0.2, 0.25) is 17.8 Å². The Morgan fingerprint density at radius 2 is 0.640 bits per heavy atom. The van der Waals surface area contributed by atoms with Gasteiger partial charge in [0, 0.05) is 56.9 Å². The number of piperidine rings is 4. The second-order valence-corrected chi connectivity index (χ2v) is 20.6. The van der Waals surface area contributed by atoms with Crippen molar-refractivity contribution in [3.63, 3.8) is 0 Å². The first-order chi connectivity index (χ1) is 22.5. The molecule has 4 fully saturated rings. The van der Waals surface area contributed by atoms with E-state index in [1.165, 1.54) is 15.2 Å². The third-order valence-corrected chi connectivity index (χ3v) is 12.0. The van der Waals surface area contributed by atoms with Gasteiger partial charge in [-0.25, -0.2) is 0 Å². The van der Waals surface area contributed by atoms with Crippen molar-refractivity contribution in [2.75, 3.05) is 16.0 Å². The molecule has 0 bridgehead atoms. The van der Waals surface area contributed by atoms with Crippen LogP contribution in [0.3, 0.4) is 0 Å². The first kappa shape index (κ1) is 39.3. The van der Waals surface area contributed by atoms with Crippen molar-refractivity contribution in [1.29, 1.82) is 0 Å². The standard InChI is InChI=1S/C36H68N10O4/c1-29(2)15-23(16-30(3,4)43(29)47)37-26-40-27(38-24-17-31(5,6)44(48)32(7,8)18-24)42-28(41-26)39-25-19-33(9,10)46(50)36(20-25)21-34(11,12)45(49)35(13,14)22-36/h23-25,47-50H,15-22H2,1-14H3,(H3,37,38,39,40,41,42). The Bertz CT molecular complexity index is 1300. The summed E-state index contributed by atoms with van der Waals surface area (Å²) in [6.07, 6.45) is 5.24. The molecule has 4 saturated heterocycles. The number of rotatable bonds is 6. The summed E-state index contributed by atoms with van der Waals surface area (Å²) >= 11 is 0. The lowest BCUT2D eigenvalue weighted by Gasteiger charge is -2.63. The molecule has 1 unspecified atom stereocenters. The molecule has 1 aromatic rings. The fourth-order valence-corrected chi connectivity index (χ4v) is 10.8. The molecule has 7 N–H and O–H groups in total. The lowest BCUT2D eigenvalue weighted by atomic mass is 9.63. The Labute approximate surface area is 300 Å². The molecule has 1 spiro atoms. The first-order valence-corrected chi connectivity index (χ1v) is 18.5. The van der Waals surface area contributed by atoms with Crippen LogP contribution in [0.1, 0.15) is 148 Å². The van der Waals surface area contributed by atoms with Gasteiger partial charge in [0.1, 0.15) is 0 Å². The van der Waals surface area contributed by atoms with Crippen LogP contribution in [0.15, 0.2) is 0 Å². The van der Waals surface area contributed by atoms with E-state index in [9.17, 15) is 20.8 Å². The van der Waals surface area contributed by atoms with Gasteiger partial charge in [-0.15, -0.1) is 0 Å². The van der Waals surface area contributed by atoms with E-state index >= 15 is 0 Å². The van der Waals surface area contributed by atoms with E-state index in [-0.39, 0.29) is 18.1 Å². The van der Waals surface area contributed by atoms with Crippen LogP contribution in [0, 0.1) is 0 Å². The smallest absolute Gasteiger partial charge is 0.229 e. The molecule has 0 saturated carbocycles. The number of nitrogens with one attached hydrogen (secondary N) is 3. The normalized spacial score (nSPS) is 31.0. The maximum atomic E-state index is 11.8. The van der Waals surface area contributed by atoms with Crippen molar-refractivity contribution in [2.45, 2.75) is 211 Å². The molecule has 1 aromatic heterocycles. The maximum absolute atomic E-state index is 11.8. The molecule has 4 aliphatic heterocycles. The SMILES string of the molecule is CC1(C)CC(Nc2nc(NC3CC(C)(C)N(O)C(C)(C)C3)nc(NC3CC(C)(C)N(O)C4(C3)CC(C)(C)N(O)C(C)(C)C4)n2)CC(C)(C)N1O. The maximum Gasteiger partial charge on any atom is 0.229 e. The summed E-state index contributed by atoms with van der Waals surface area (Å²) in [6.45, 7) is 28.6. The molecule has 0 aliphatic carbocycles. The van der Waals surface area contributed by atoms with Crippen LogP contribution in [0.5, 0.6) is 0 Å². The van der Waals surface area contributed by atoms with E-state index in [0.717, 1.165) is 0 Å². The molecule has 14 heteroatoms. The third kappa shape index (κ3) is 7.46. The van der Waals surface area contributed by atoms with E-state index < -0.39 is 44.3 Å². The lowest BCUT2D eigenvalue weighted by molar-refractivity contribution is -0.323. The van der Waals surface area contributed by atoms with Crippen LogP contribution in [0.4, 0.5) is 17.8 Å². The Morgan fingerprint density at radius 3 is 0.940 bits per heavy atom. The van der Waals surface area contributed by atoms with Gasteiger partial charge in [-0.2, -0.15) is 35.2 Å². The fourth-order valence-electron chi connectivity index (χ4n) is 10.8. The predicted octanol–water partition coefficient (Wildman–Crippen LogP) is 6.34. The Morgan fingerprint density at radius 1 is 0.400 bits per heavy atom. The summed E-state index contributed by atoms with van der Waals surface area (Å²) < 4.78 is 0. The van der Waals surface area contributed by atoms with Crippen molar-refractivity contribution < 1.29 is 20.8 Å². The molecule has 5 heterocycles. The topological polar surface area (TPSA) is 169 Å². The average Bonchev–Trinajstić information content (AvgIpc) is 2.91. The highest BCUT2D eigenvalue weighted by Gasteiger charge is 2.60. The van der Waals surface area contributed by atoms with Gasteiger partial charge in [-0.05, 0) is 148 Å². The van der Waals surface area contributed by atoms with E-state index in [2.05, 4.69) is 29.8 Å². The quantitative estimate of drug-likeness (QED) is 0.175. The van der Waals surface area contributed by atoms with Crippen molar-refractivity contribution >= 4 is 17.8 Å². The van der Waals surface area contributed by atoms with Gasteiger partial charge in [0.05, 0.1) is 5.54 Å². The zero-order valence-corrected chi connectivity index (χ0v) is 33.3. The zero-order valence-electron chi connectivity index (χ0n) is 33.3. The molecule has 286 valence electrons. The molecule has 0 amide bonds. The largest absolute Gasteiger partial charge is 0.351 e. The Balaban J connectivity index is 1.48. The second kappa shape index (κ2) is 12.3. The van der Waals surface area contributed by atoms with Gasteiger partial charge in [-0.3, -0.25) is 0 Å². The molecule has 14 nitrogen and oxygen atoms in total. The lowest BCUT2D eigenvalue weighted by Crippen LogP contribution is -2.73. The predicted molar refractivity (Wildman–Crippen MR) is 195 cm³/mol. The van der Waals surface area contributed by atoms with Gasteiger partial charge in [0.25, 0.3) is 0 Å². The van der Waals surface area contributed by atoms with Gasteiger partial charge >= 0.3 is 0 Å². The number of aromatic nitrogens is 3. The summed E-state index contributed by atoms with van der Waals surface area (Å²) in [7, 11) is 0. The zero-order chi connectivity index (χ0) is 37.7. The highest BCUT2D eigenvalue weighted by atomic mass is 16.5. The average molecular weight is 705 g/mol. The monoisotopic (exact) mass is 705 g/mol. The summed E-state index contributed by atoms with van der Waals surface area (Å²) in [5.41, 5.74) is -4.06. The van der Waals surface area contributed by atoms with Crippen LogP contribution < -0.4 is 16.0 Å². The third-order valence-electron chi connectivity index (χ3n) is 12.0. The van der Waals surface area contributed by atoms with Crippen LogP contribution in [-0.2, 0) is 0 Å². The minimum Gasteiger partial charge on any atom is -0.351 e. The Kier molecular flexibility index (Phi) is 9.69.